The lowest BCUT2D eigenvalue weighted by molar-refractivity contribution is 0.628. The number of nitrogens with zero attached hydrogens (tertiary/aromatic N) is 2. The van der Waals surface area contributed by atoms with Gasteiger partial charge in [0.2, 0.25) is 0 Å². The molecule has 0 saturated carbocycles. The van der Waals surface area contributed by atoms with Gasteiger partial charge < -0.3 is 0 Å². The normalized spacial score (nSPS) is 10.7. The lowest BCUT2D eigenvalue weighted by atomic mass is 10.0. The Morgan fingerprint density at radius 3 is 2.61 bits per heavy atom. The van der Waals surface area contributed by atoms with Crippen LogP contribution in [0.2, 0.25) is 10.2 Å². The number of rotatable bonds is 1. The summed E-state index contributed by atoms with van der Waals surface area (Å²) in [7, 11) is 1.51. The smallest absolute Gasteiger partial charge is 0.267 e. The van der Waals surface area contributed by atoms with Crippen LogP contribution in [-0.4, -0.2) is 9.78 Å². The fraction of sp³-hybridized carbons (Fsp3) is 0.167. The molecule has 0 amide bonds. The van der Waals surface area contributed by atoms with Crippen LogP contribution in [0.15, 0.2) is 23.0 Å². The largest absolute Gasteiger partial charge is 0.270 e. The summed E-state index contributed by atoms with van der Waals surface area (Å²) >= 11 is 12.0. The van der Waals surface area contributed by atoms with Crippen LogP contribution in [-0.2, 0) is 7.05 Å². The van der Waals surface area contributed by atoms with E-state index in [2.05, 4.69) is 5.10 Å². The van der Waals surface area contributed by atoms with Crippen molar-refractivity contribution in [2.75, 3.05) is 0 Å². The van der Waals surface area contributed by atoms with Crippen LogP contribution in [0.25, 0.3) is 11.1 Å². The molecule has 2 aromatic rings. The van der Waals surface area contributed by atoms with Gasteiger partial charge >= 0.3 is 0 Å². The lowest BCUT2D eigenvalue weighted by Gasteiger charge is -2.10. The molecule has 0 atom stereocenters. The van der Waals surface area contributed by atoms with E-state index in [1.54, 1.807) is 6.92 Å². The Labute approximate surface area is 113 Å². The third kappa shape index (κ3) is 2.13. The van der Waals surface area contributed by atoms with E-state index in [4.69, 9.17) is 23.2 Å². The Morgan fingerprint density at radius 1 is 1.33 bits per heavy atom. The molecule has 3 nitrogen and oxygen atoms in total. The molecule has 0 radical (unpaired) electrons. The molecule has 0 fully saturated rings. The van der Waals surface area contributed by atoms with Gasteiger partial charge in [-0.2, -0.15) is 5.10 Å². The van der Waals surface area contributed by atoms with Gasteiger partial charge in [-0.3, -0.25) is 4.79 Å². The van der Waals surface area contributed by atoms with Crippen LogP contribution in [0.4, 0.5) is 4.39 Å². The second-order valence-corrected chi connectivity index (χ2v) is 4.61. The molecule has 1 aromatic carbocycles. The Balaban J connectivity index is 2.79. The molecule has 1 aromatic heterocycles. The highest BCUT2D eigenvalue weighted by Crippen LogP contribution is 2.33. The van der Waals surface area contributed by atoms with Gasteiger partial charge in [-0.25, -0.2) is 9.07 Å². The predicted molar refractivity (Wildman–Crippen MR) is 69.6 cm³/mol. The fourth-order valence-corrected chi connectivity index (χ4v) is 2.36. The summed E-state index contributed by atoms with van der Waals surface area (Å²) in [5, 5.41) is 4.24. The Hall–Kier alpha value is -1.39. The minimum atomic E-state index is -0.450. The standard InChI is InChI=1S/C12H9Cl2FN2O/c1-6-10(11(14)16-17(2)12(6)18)8-4-3-7(15)5-9(8)13/h3-5H,1-2H3. The van der Waals surface area contributed by atoms with Crippen LogP contribution < -0.4 is 5.56 Å². The van der Waals surface area contributed by atoms with Crippen molar-refractivity contribution in [2.45, 2.75) is 6.92 Å². The maximum Gasteiger partial charge on any atom is 0.270 e. The zero-order valence-electron chi connectivity index (χ0n) is 9.67. The van der Waals surface area contributed by atoms with Crippen LogP contribution in [0.5, 0.6) is 0 Å². The van der Waals surface area contributed by atoms with Gasteiger partial charge in [0.1, 0.15) is 5.82 Å². The summed E-state index contributed by atoms with van der Waals surface area (Å²) in [5.74, 6) is -0.450. The van der Waals surface area contributed by atoms with Gasteiger partial charge in [-0.1, -0.05) is 23.2 Å². The first-order valence-electron chi connectivity index (χ1n) is 5.10. The Morgan fingerprint density at radius 2 is 2.00 bits per heavy atom. The Bertz CT molecular complexity index is 683. The highest BCUT2D eigenvalue weighted by atomic mass is 35.5. The summed E-state index contributed by atoms with van der Waals surface area (Å²) in [6.45, 7) is 1.63. The maximum atomic E-state index is 13.0. The van der Waals surface area contributed by atoms with Crippen molar-refractivity contribution in [3.63, 3.8) is 0 Å². The number of hydrogen-bond acceptors (Lipinski definition) is 2. The molecular formula is C12H9Cl2FN2O. The third-order valence-electron chi connectivity index (χ3n) is 2.63. The van der Waals surface area contributed by atoms with Crippen molar-refractivity contribution < 1.29 is 4.39 Å². The van der Waals surface area contributed by atoms with E-state index >= 15 is 0 Å². The van der Waals surface area contributed by atoms with E-state index in [0.717, 1.165) is 4.68 Å². The van der Waals surface area contributed by atoms with E-state index in [9.17, 15) is 9.18 Å². The van der Waals surface area contributed by atoms with Gasteiger partial charge in [-0.05, 0) is 25.1 Å². The molecular weight excluding hydrogens is 278 g/mol. The minimum Gasteiger partial charge on any atom is -0.267 e. The molecule has 0 saturated heterocycles. The van der Waals surface area contributed by atoms with Crippen molar-refractivity contribution in [3.05, 3.63) is 50.1 Å². The quantitative estimate of drug-likeness (QED) is 0.807. The zero-order chi connectivity index (χ0) is 13.4. The first-order chi connectivity index (χ1) is 8.41. The van der Waals surface area contributed by atoms with Crippen LogP contribution in [0, 0.1) is 12.7 Å². The summed E-state index contributed by atoms with van der Waals surface area (Å²) in [6, 6.07) is 3.91. The topological polar surface area (TPSA) is 34.9 Å². The van der Waals surface area contributed by atoms with E-state index in [1.807, 2.05) is 0 Å². The number of benzene rings is 1. The first-order valence-corrected chi connectivity index (χ1v) is 5.86. The Kier molecular flexibility index (Phi) is 3.41. The van der Waals surface area contributed by atoms with Crippen molar-refractivity contribution in [1.29, 1.82) is 0 Å². The maximum absolute atomic E-state index is 13.0. The van der Waals surface area contributed by atoms with Gasteiger partial charge in [0.25, 0.3) is 5.56 Å². The molecule has 0 aliphatic rings. The molecule has 0 aliphatic carbocycles. The summed E-state index contributed by atoms with van der Waals surface area (Å²) in [5.41, 5.74) is 1.08. The van der Waals surface area contributed by atoms with E-state index in [0.29, 0.717) is 16.7 Å². The molecule has 0 bridgehead atoms. The molecule has 6 heteroatoms. The van der Waals surface area contributed by atoms with Crippen LogP contribution in [0.1, 0.15) is 5.56 Å². The number of aryl methyl sites for hydroxylation is 1. The van der Waals surface area contributed by atoms with Crippen molar-refractivity contribution >= 4 is 23.2 Å². The van der Waals surface area contributed by atoms with E-state index in [1.165, 1.54) is 25.2 Å². The van der Waals surface area contributed by atoms with Crippen LogP contribution in [0.3, 0.4) is 0 Å². The molecule has 1 heterocycles. The predicted octanol–water partition coefficient (Wildman–Crippen LogP) is 3.20. The second kappa shape index (κ2) is 4.71. The molecule has 0 aliphatic heterocycles. The number of aromatic nitrogens is 2. The molecule has 0 unspecified atom stereocenters. The van der Waals surface area contributed by atoms with E-state index in [-0.39, 0.29) is 15.7 Å². The SMILES string of the molecule is Cc1c(-c2ccc(F)cc2Cl)c(Cl)nn(C)c1=O. The summed E-state index contributed by atoms with van der Waals surface area (Å²) in [6.07, 6.45) is 0. The van der Waals surface area contributed by atoms with Crippen molar-refractivity contribution in [3.8, 4) is 11.1 Å². The molecule has 18 heavy (non-hydrogen) atoms. The average molecular weight is 287 g/mol. The third-order valence-corrected chi connectivity index (χ3v) is 3.21. The van der Waals surface area contributed by atoms with Gasteiger partial charge in [0.15, 0.2) is 5.15 Å². The number of halogens is 3. The number of hydrogen-bond donors (Lipinski definition) is 0. The summed E-state index contributed by atoms with van der Waals surface area (Å²) < 4.78 is 14.2. The second-order valence-electron chi connectivity index (χ2n) is 3.84. The van der Waals surface area contributed by atoms with Crippen LogP contribution >= 0.6 is 23.2 Å². The highest BCUT2D eigenvalue weighted by Gasteiger charge is 2.16. The fourth-order valence-electron chi connectivity index (χ4n) is 1.74. The minimum absolute atomic E-state index is 0.156. The van der Waals surface area contributed by atoms with Crippen molar-refractivity contribution in [1.82, 2.24) is 9.78 Å². The highest BCUT2D eigenvalue weighted by molar-refractivity contribution is 6.36. The molecule has 2 rings (SSSR count). The molecule has 94 valence electrons. The molecule has 0 N–H and O–H groups in total. The van der Waals surface area contributed by atoms with Gasteiger partial charge in [0, 0.05) is 23.7 Å². The summed E-state index contributed by atoms with van der Waals surface area (Å²) in [4.78, 5) is 11.8. The molecule has 0 spiro atoms. The van der Waals surface area contributed by atoms with Gasteiger partial charge in [-0.15, -0.1) is 0 Å². The first kappa shape index (κ1) is 13.1. The zero-order valence-corrected chi connectivity index (χ0v) is 11.2. The average Bonchev–Trinajstić information content (AvgIpc) is 2.29. The monoisotopic (exact) mass is 286 g/mol. The lowest BCUT2D eigenvalue weighted by Crippen LogP contribution is -2.23. The van der Waals surface area contributed by atoms with Gasteiger partial charge in [0.05, 0.1) is 5.02 Å². The van der Waals surface area contributed by atoms with Crippen molar-refractivity contribution in [2.24, 2.45) is 7.05 Å². The van der Waals surface area contributed by atoms with E-state index < -0.39 is 5.82 Å².